The summed E-state index contributed by atoms with van der Waals surface area (Å²) in [7, 11) is 0. The predicted molar refractivity (Wildman–Crippen MR) is 93.6 cm³/mol. The van der Waals surface area contributed by atoms with E-state index in [-0.39, 0.29) is 11.6 Å². The van der Waals surface area contributed by atoms with E-state index < -0.39 is 17.9 Å². The molecule has 0 bridgehead atoms. The number of nitriles is 1. The normalized spacial score (nSPS) is 16.1. The fourth-order valence-corrected chi connectivity index (χ4v) is 2.81. The van der Waals surface area contributed by atoms with Gasteiger partial charge in [-0.25, -0.2) is 0 Å². The van der Waals surface area contributed by atoms with Crippen LogP contribution in [0, 0.1) is 11.3 Å². The largest absolute Gasteiger partial charge is 0.480 e. The number of fused-ring (bicyclic) bond motifs is 1. The monoisotopic (exact) mass is 341 g/mol. The van der Waals surface area contributed by atoms with Crippen LogP contribution in [-0.2, 0) is 22.4 Å². The molecule has 1 aliphatic rings. The first-order valence-electron chi connectivity index (χ1n) is 8.44. The van der Waals surface area contributed by atoms with Crippen molar-refractivity contribution in [2.75, 3.05) is 0 Å². The Morgan fingerprint density at radius 2 is 1.92 bits per heavy atom. The molecule has 25 heavy (non-hydrogen) atoms. The zero-order chi connectivity index (χ0) is 18.4. The van der Waals surface area contributed by atoms with E-state index in [4.69, 9.17) is 10.4 Å². The summed E-state index contributed by atoms with van der Waals surface area (Å²) in [4.78, 5) is 23.0. The first-order chi connectivity index (χ1) is 11.9. The summed E-state index contributed by atoms with van der Waals surface area (Å²) in [5.74, 6) is -1.59. The lowest BCUT2D eigenvalue weighted by Crippen LogP contribution is -2.32. The smallest absolute Gasteiger partial charge is 0.325 e. The Hall–Kier alpha value is -2.81. The van der Waals surface area contributed by atoms with Crippen LogP contribution >= 0.6 is 0 Å². The van der Waals surface area contributed by atoms with Crippen molar-refractivity contribution in [3.8, 4) is 6.07 Å². The maximum absolute atomic E-state index is 12.2. The number of carbonyl (C=O) groups excluding carboxylic acids is 1. The molecule has 0 fully saturated rings. The number of carboxylic acids is 1. The average molecular weight is 341 g/mol. The summed E-state index contributed by atoms with van der Waals surface area (Å²) in [5.41, 5.74) is 3.55. The van der Waals surface area contributed by atoms with Gasteiger partial charge in [0.15, 0.2) is 0 Å². The van der Waals surface area contributed by atoms with E-state index in [1.165, 1.54) is 30.9 Å². The molecule has 0 saturated carbocycles. The van der Waals surface area contributed by atoms with Crippen molar-refractivity contribution in [2.24, 2.45) is 0 Å². The fourth-order valence-electron chi connectivity index (χ4n) is 2.81. The van der Waals surface area contributed by atoms with Gasteiger partial charge in [0.25, 0.3) is 5.91 Å². The number of rotatable bonds is 6. The van der Waals surface area contributed by atoms with Crippen molar-refractivity contribution < 1.29 is 14.7 Å². The summed E-state index contributed by atoms with van der Waals surface area (Å²) >= 11 is 0. The molecule has 0 radical (unpaired) electrons. The SMILES string of the molecule is CC(N/C=C(/C#N)C(=O)NC(C)c1ccc2c(c1)CCCC2)C(=O)O. The molecule has 6 nitrogen and oxygen atoms in total. The molecule has 3 N–H and O–H groups in total. The summed E-state index contributed by atoms with van der Waals surface area (Å²) in [6.07, 6.45) is 5.71. The second kappa shape index (κ2) is 8.34. The van der Waals surface area contributed by atoms with E-state index in [0.29, 0.717) is 0 Å². The van der Waals surface area contributed by atoms with Crippen LogP contribution in [0.5, 0.6) is 0 Å². The maximum atomic E-state index is 12.2. The number of carbonyl (C=O) groups is 2. The molecule has 1 aromatic carbocycles. The first-order valence-corrected chi connectivity index (χ1v) is 8.44. The molecule has 0 aromatic heterocycles. The quantitative estimate of drug-likeness (QED) is 0.544. The molecule has 1 aliphatic carbocycles. The van der Waals surface area contributed by atoms with Gasteiger partial charge >= 0.3 is 5.97 Å². The second-order valence-corrected chi connectivity index (χ2v) is 6.33. The zero-order valence-corrected chi connectivity index (χ0v) is 14.5. The summed E-state index contributed by atoms with van der Waals surface area (Å²) in [5, 5.41) is 23.3. The van der Waals surface area contributed by atoms with Crippen LogP contribution in [0.15, 0.2) is 30.0 Å². The van der Waals surface area contributed by atoms with E-state index in [2.05, 4.69) is 22.8 Å². The van der Waals surface area contributed by atoms with Crippen LogP contribution in [0.4, 0.5) is 0 Å². The number of aryl methyl sites for hydroxylation is 2. The highest BCUT2D eigenvalue weighted by molar-refractivity contribution is 5.97. The molecule has 0 spiro atoms. The van der Waals surface area contributed by atoms with Crippen LogP contribution in [-0.4, -0.2) is 23.0 Å². The van der Waals surface area contributed by atoms with Crippen LogP contribution in [0.25, 0.3) is 0 Å². The van der Waals surface area contributed by atoms with E-state index in [1.54, 1.807) is 6.07 Å². The summed E-state index contributed by atoms with van der Waals surface area (Å²) < 4.78 is 0. The lowest BCUT2D eigenvalue weighted by molar-refractivity contribution is -0.138. The van der Waals surface area contributed by atoms with E-state index in [1.807, 2.05) is 13.0 Å². The number of benzene rings is 1. The molecule has 1 amide bonds. The van der Waals surface area contributed by atoms with Gasteiger partial charge in [0.2, 0.25) is 0 Å². The Morgan fingerprint density at radius 1 is 1.24 bits per heavy atom. The van der Waals surface area contributed by atoms with Crippen molar-refractivity contribution in [1.82, 2.24) is 10.6 Å². The van der Waals surface area contributed by atoms with Gasteiger partial charge in [-0.1, -0.05) is 18.2 Å². The molecular weight excluding hydrogens is 318 g/mol. The molecule has 0 saturated heterocycles. The Kier molecular flexibility index (Phi) is 6.18. The standard InChI is InChI=1S/C19H23N3O3/c1-12(15-8-7-14-5-3-4-6-16(14)9-15)22-18(23)17(10-20)11-21-13(2)19(24)25/h7-9,11-13,21H,3-6H2,1-2H3,(H,22,23)(H,24,25)/b17-11-. The lowest BCUT2D eigenvalue weighted by Gasteiger charge is -2.20. The maximum Gasteiger partial charge on any atom is 0.325 e. The van der Waals surface area contributed by atoms with Gasteiger partial charge in [-0.15, -0.1) is 0 Å². The Bertz CT molecular complexity index is 734. The average Bonchev–Trinajstić information content (AvgIpc) is 2.61. The number of hydrogen-bond donors (Lipinski definition) is 3. The van der Waals surface area contributed by atoms with Gasteiger partial charge in [-0.05, 0) is 56.2 Å². The van der Waals surface area contributed by atoms with Crippen LogP contribution in [0.2, 0.25) is 0 Å². The number of amides is 1. The minimum Gasteiger partial charge on any atom is -0.480 e. The topological polar surface area (TPSA) is 102 Å². The Morgan fingerprint density at radius 3 is 2.56 bits per heavy atom. The van der Waals surface area contributed by atoms with Crippen molar-refractivity contribution in [3.05, 3.63) is 46.7 Å². The minimum absolute atomic E-state index is 0.155. The van der Waals surface area contributed by atoms with Gasteiger partial charge in [0.05, 0.1) is 6.04 Å². The third kappa shape index (κ3) is 4.83. The van der Waals surface area contributed by atoms with Crippen LogP contribution in [0.3, 0.4) is 0 Å². The number of hydrogen-bond acceptors (Lipinski definition) is 4. The molecule has 1 aromatic rings. The summed E-state index contributed by atoms with van der Waals surface area (Å²) in [6.45, 7) is 3.30. The van der Waals surface area contributed by atoms with Crippen molar-refractivity contribution in [2.45, 2.75) is 51.6 Å². The van der Waals surface area contributed by atoms with E-state index in [0.717, 1.165) is 24.6 Å². The molecule has 0 heterocycles. The molecule has 132 valence electrons. The highest BCUT2D eigenvalue weighted by atomic mass is 16.4. The first kappa shape index (κ1) is 18.5. The predicted octanol–water partition coefficient (Wildman–Crippen LogP) is 2.21. The van der Waals surface area contributed by atoms with Crippen LogP contribution in [0.1, 0.15) is 49.4 Å². The number of aliphatic carboxylic acids is 1. The third-order valence-electron chi connectivity index (χ3n) is 4.43. The Balaban J connectivity index is 2.04. The van der Waals surface area contributed by atoms with Gasteiger partial charge in [-0.3, -0.25) is 9.59 Å². The summed E-state index contributed by atoms with van der Waals surface area (Å²) in [6, 6.07) is 6.92. The zero-order valence-electron chi connectivity index (χ0n) is 14.5. The van der Waals surface area contributed by atoms with E-state index in [9.17, 15) is 9.59 Å². The minimum atomic E-state index is -1.06. The van der Waals surface area contributed by atoms with Gasteiger partial charge in [0, 0.05) is 6.20 Å². The highest BCUT2D eigenvalue weighted by Crippen LogP contribution is 2.24. The molecule has 0 aliphatic heterocycles. The third-order valence-corrected chi connectivity index (χ3v) is 4.43. The van der Waals surface area contributed by atoms with Gasteiger partial charge in [0.1, 0.15) is 17.7 Å². The van der Waals surface area contributed by atoms with E-state index >= 15 is 0 Å². The molecule has 2 unspecified atom stereocenters. The molecule has 2 rings (SSSR count). The van der Waals surface area contributed by atoms with Crippen molar-refractivity contribution >= 4 is 11.9 Å². The fraction of sp³-hybridized carbons (Fsp3) is 0.421. The molecule has 6 heteroatoms. The highest BCUT2D eigenvalue weighted by Gasteiger charge is 2.17. The van der Waals surface area contributed by atoms with Crippen molar-refractivity contribution in [3.63, 3.8) is 0 Å². The second-order valence-electron chi connectivity index (χ2n) is 6.33. The molecule has 2 atom stereocenters. The number of nitrogens with one attached hydrogen (secondary N) is 2. The van der Waals surface area contributed by atoms with Crippen LogP contribution < -0.4 is 10.6 Å². The Labute approximate surface area is 147 Å². The van der Waals surface area contributed by atoms with Gasteiger partial charge < -0.3 is 15.7 Å². The molecular formula is C19H23N3O3. The number of carboxylic acid groups (broad SMARTS) is 1. The van der Waals surface area contributed by atoms with Gasteiger partial charge in [-0.2, -0.15) is 5.26 Å². The number of nitrogens with zero attached hydrogens (tertiary/aromatic N) is 1. The lowest BCUT2D eigenvalue weighted by atomic mass is 9.89. The van der Waals surface area contributed by atoms with Crippen molar-refractivity contribution in [1.29, 1.82) is 5.26 Å².